The van der Waals surface area contributed by atoms with Gasteiger partial charge in [-0.15, -0.1) is 11.3 Å². The van der Waals surface area contributed by atoms with E-state index in [4.69, 9.17) is 4.74 Å². The predicted octanol–water partition coefficient (Wildman–Crippen LogP) is 4.58. The standard InChI is InChI=1S/C27H22N4O4S/c1-17-7-12-21-23(15-17)36-26(29-21)18-8-10-19(11-9-18)28-24(32)16-35-27(34)22-13-14-25(33)31(30-22)20-5-3-2-4-6-20/h2-13,15,30H,14,16H2,1H3,(H,28,32). The molecule has 1 aliphatic rings. The number of hydrogen-bond donors (Lipinski definition) is 2. The number of rotatable bonds is 6. The number of amides is 2. The number of ether oxygens (including phenoxy) is 1. The minimum Gasteiger partial charge on any atom is -0.451 e. The molecule has 0 radical (unpaired) electrons. The molecule has 0 unspecified atom stereocenters. The molecule has 9 heteroatoms. The second-order valence-corrected chi connectivity index (χ2v) is 9.22. The zero-order valence-electron chi connectivity index (χ0n) is 19.4. The van der Waals surface area contributed by atoms with Crippen molar-refractivity contribution in [3.8, 4) is 10.6 Å². The summed E-state index contributed by atoms with van der Waals surface area (Å²) in [5.41, 5.74) is 7.13. The van der Waals surface area contributed by atoms with Crippen LogP contribution in [0.3, 0.4) is 0 Å². The third kappa shape index (κ3) is 5.11. The van der Waals surface area contributed by atoms with Crippen LogP contribution in [-0.2, 0) is 19.1 Å². The third-order valence-corrected chi connectivity index (χ3v) is 6.56. The number of aromatic nitrogens is 1. The van der Waals surface area contributed by atoms with Gasteiger partial charge >= 0.3 is 5.97 Å². The van der Waals surface area contributed by atoms with Gasteiger partial charge in [-0.2, -0.15) is 0 Å². The van der Waals surface area contributed by atoms with E-state index in [9.17, 15) is 14.4 Å². The number of carbonyl (C=O) groups is 3. The molecule has 180 valence electrons. The zero-order valence-corrected chi connectivity index (χ0v) is 20.2. The maximum atomic E-state index is 12.5. The van der Waals surface area contributed by atoms with Gasteiger partial charge in [0.1, 0.15) is 10.7 Å². The normalized spacial score (nSPS) is 13.2. The Hall–Kier alpha value is -4.50. The van der Waals surface area contributed by atoms with Crippen molar-refractivity contribution in [3.63, 3.8) is 0 Å². The first-order valence-electron chi connectivity index (χ1n) is 11.3. The Labute approximate surface area is 211 Å². The lowest BCUT2D eigenvalue weighted by Gasteiger charge is -2.28. The summed E-state index contributed by atoms with van der Waals surface area (Å²) < 4.78 is 6.27. The van der Waals surface area contributed by atoms with E-state index in [0.29, 0.717) is 11.4 Å². The molecule has 2 heterocycles. The molecule has 0 spiro atoms. The molecule has 0 atom stereocenters. The summed E-state index contributed by atoms with van der Waals surface area (Å²) >= 11 is 1.62. The van der Waals surface area contributed by atoms with Crippen LogP contribution in [0.4, 0.5) is 11.4 Å². The molecule has 1 aromatic heterocycles. The van der Waals surface area contributed by atoms with E-state index in [-0.39, 0.29) is 18.0 Å². The second-order valence-electron chi connectivity index (χ2n) is 8.19. The molecule has 8 nitrogen and oxygen atoms in total. The molecule has 3 aromatic carbocycles. The van der Waals surface area contributed by atoms with Crippen LogP contribution in [0, 0.1) is 6.92 Å². The summed E-state index contributed by atoms with van der Waals surface area (Å²) in [5.74, 6) is -1.40. The highest BCUT2D eigenvalue weighted by molar-refractivity contribution is 7.21. The van der Waals surface area contributed by atoms with Gasteiger partial charge in [-0.05, 0) is 67.1 Å². The van der Waals surface area contributed by atoms with Crippen LogP contribution in [-0.4, -0.2) is 29.4 Å². The van der Waals surface area contributed by atoms with E-state index in [1.54, 1.807) is 47.7 Å². The van der Waals surface area contributed by atoms with Gasteiger partial charge < -0.3 is 10.1 Å². The van der Waals surface area contributed by atoms with Crippen LogP contribution in [0.25, 0.3) is 20.8 Å². The lowest BCUT2D eigenvalue weighted by molar-refractivity contribution is -0.143. The quantitative estimate of drug-likeness (QED) is 0.378. The number of benzene rings is 3. The fourth-order valence-electron chi connectivity index (χ4n) is 3.68. The summed E-state index contributed by atoms with van der Waals surface area (Å²) in [6, 6.07) is 22.4. The van der Waals surface area contributed by atoms with Gasteiger partial charge in [0, 0.05) is 17.7 Å². The maximum Gasteiger partial charge on any atom is 0.356 e. The molecule has 0 fully saturated rings. The summed E-state index contributed by atoms with van der Waals surface area (Å²) in [7, 11) is 0. The summed E-state index contributed by atoms with van der Waals surface area (Å²) in [6.45, 7) is 1.59. The first-order chi connectivity index (χ1) is 17.5. The molecule has 4 aromatic rings. The van der Waals surface area contributed by atoms with Crippen molar-refractivity contribution < 1.29 is 19.1 Å². The monoisotopic (exact) mass is 498 g/mol. The lowest BCUT2D eigenvalue weighted by Crippen LogP contribution is -2.47. The van der Waals surface area contributed by atoms with E-state index < -0.39 is 18.5 Å². The van der Waals surface area contributed by atoms with Crippen molar-refractivity contribution in [3.05, 3.63) is 90.1 Å². The highest BCUT2D eigenvalue weighted by Gasteiger charge is 2.25. The third-order valence-electron chi connectivity index (χ3n) is 5.49. The number of thiazole rings is 1. The van der Waals surface area contributed by atoms with Crippen molar-refractivity contribution >= 4 is 50.7 Å². The molecule has 0 saturated heterocycles. The van der Waals surface area contributed by atoms with Gasteiger partial charge in [-0.1, -0.05) is 24.3 Å². The number of anilines is 2. The van der Waals surface area contributed by atoms with Crippen LogP contribution < -0.4 is 15.8 Å². The molecule has 36 heavy (non-hydrogen) atoms. The van der Waals surface area contributed by atoms with Crippen molar-refractivity contribution in [2.45, 2.75) is 13.3 Å². The van der Waals surface area contributed by atoms with Gasteiger partial charge in [0.15, 0.2) is 6.61 Å². The lowest BCUT2D eigenvalue weighted by atomic mass is 10.2. The summed E-state index contributed by atoms with van der Waals surface area (Å²) in [5, 5.41) is 4.90. The first-order valence-corrected chi connectivity index (χ1v) is 12.1. The van der Waals surface area contributed by atoms with E-state index >= 15 is 0 Å². The van der Waals surface area contributed by atoms with Crippen LogP contribution in [0.2, 0.25) is 0 Å². The van der Waals surface area contributed by atoms with Gasteiger partial charge in [-0.3, -0.25) is 15.0 Å². The first kappa shape index (κ1) is 23.3. The predicted molar refractivity (Wildman–Crippen MR) is 139 cm³/mol. The number of carbonyl (C=O) groups excluding carboxylic acids is 3. The number of nitrogens with one attached hydrogen (secondary N) is 2. The Bertz CT molecular complexity index is 1480. The Morgan fingerprint density at radius 3 is 2.64 bits per heavy atom. The Morgan fingerprint density at radius 1 is 1.08 bits per heavy atom. The molecule has 2 N–H and O–H groups in total. The minimum atomic E-state index is -0.722. The van der Waals surface area contributed by atoms with Gasteiger partial charge in [0.05, 0.1) is 15.9 Å². The molecular weight excluding hydrogens is 476 g/mol. The number of hydrogen-bond acceptors (Lipinski definition) is 7. The highest BCUT2D eigenvalue weighted by Crippen LogP contribution is 2.31. The fourth-order valence-corrected chi connectivity index (χ4v) is 4.75. The van der Waals surface area contributed by atoms with Gasteiger partial charge in [0.2, 0.25) is 5.91 Å². The number of esters is 1. The van der Waals surface area contributed by atoms with Gasteiger partial charge in [-0.25, -0.2) is 14.8 Å². The van der Waals surface area contributed by atoms with Crippen molar-refractivity contribution in [2.75, 3.05) is 16.9 Å². The van der Waals surface area contributed by atoms with E-state index in [1.165, 1.54) is 16.6 Å². The Balaban J connectivity index is 1.16. The van der Waals surface area contributed by atoms with Gasteiger partial charge in [0.25, 0.3) is 5.91 Å². The maximum absolute atomic E-state index is 12.5. The molecule has 0 bridgehead atoms. The number of hydrazine groups is 1. The largest absolute Gasteiger partial charge is 0.451 e. The van der Waals surface area contributed by atoms with Crippen LogP contribution in [0.15, 0.2) is 84.6 Å². The van der Waals surface area contributed by atoms with Crippen molar-refractivity contribution in [1.82, 2.24) is 10.4 Å². The summed E-state index contributed by atoms with van der Waals surface area (Å²) in [6.07, 6.45) is 1.49. The number of aryl methyl sites for hydroxylation is 1. The molecule has 0 saturated carbocycles. The van der Waals surface area contributed by atoms with E-state index in [0.717, 1.165) is 20.8 Å². The molecule has 5 rings (SSSR count). The Morgan fingerprint density at radius 2 is 1.86 bits per heavy atom. The molecule has 2 amide bonds. The van der Waals surface area contributed by atoms with Crippen LogP contribution in [0.1, 0.15) is 12.0 Å². The van der Waals surface area contributed by atoms with Crippen molar-refractivity contribution in [2.24, 2.45) is 0 Å². The van der Waals surface area contributed by atoms with Crippen LogP contribution >= 0.6 is 11.3 Å². The van der Waals surface area contributed by atoms with Crippen molar-refractivity contribution in [1.29, 1.82) is 0 Å². The topological polar surface area (TPSA) is 101 Å². The number of fused-ring (bicyclic) bond motifs is 1. The molecular formula is C27H22N4O4S. The minimum absolute atomic E-state index is 0.0408. The number of para-hydroxylation sites is 1. The molecule has 1 aliphatic heterocycles. The second kappa shape index (κ2) is 10.0. The summed E-state index contributed by atoms with van der Waals surface area (Å²) in [4.78, 5) is 41.7. The fraction of sp³-hybridized carbons (Fsp3) is 0.111. The number of nitrogens with zero attached hydrogens (tertiary/aromatic N) is 2. The average molecular weight is 499 g/mol. The molecule has 0 aliphatic carbocycles. The highest BCUT2D eigenvalue weighted by atomic mass is 32.1. The van der Waals surface area contributed by atoms with E-state index in [1.807, 2.05) is 30.3 Å². The zero-order chi connectivity index (χ0) is 25.1. The van der Waals surface area contributed by atoms with Crippen LogP contribution in [0.5, 0.6) is 0 Å². The van der Waals surface area contributed by atoms with E-state index in [2.05, 4.69) is 28.7 Å². The SMILES string of the molecule is Cc1ccc2nc(-c3ccc(NC(=O)COC(=O)C4=CCC(=O)N(c5ccccc5)N4)cc3)sc2c1. The average Bonchev–Trinajstić information content (AvgIpc) is 3.32. The Kier molecular flexibility index (Phi) is 6.46. The smallest absolute Gasteiger partial charge is 0.356 e.